The fourth-order valence-electron chi connectivity index (χ4n) is 3.73. The van der Waals surface area contributed by atoms with E-state index in [1.807, 2.05) is 0 Å². The van der Waals surface area contributed by atoms with Crippen molar-refractivity contribution < 1.29 is 0 Å². The van der Waals surface area contributed by atoms with Crippen molar-refractivity contribution >= 4 is 31.9 Å². The molecule has 0 aliphatic heterocycles. The molecule has 3 rings (SSSR count). The third-order valence-electron chi connectivity index (χ3n) is 4.55. The summed E-state index contributed by atoms with van der Waals surface area (Å²) in [5, 5.41) is 0. The maximum absolute atomic E-state index is 3.83. The summed E-state index contributed by atoms with van der Waals surface area (Å²) in [6, 6.07) is 0. The summed E-state index contributed by atoms with van der Waals surface area (Å²) in [6.07, 6.45) is 10.3. The van der Waals surface area contributed by atoms with E-state index < -0.39 is 0 Å². The lowest BCUT2D eigenvalue weighted by Crippen LogP contribution is -1.91. The van der Waals surface area contributed by atoms with E-state index in [0.29, 0.717) is 8.65 Å². The van der Waals surface area contributed by atoms with Crippen LogP contribution in [0.3, 0.4) is 0 Å². The molecule has 3 saturated carbocycles. The SMILES string of the molecule is BrC1(Br)CC12C1CCCCCCC12. The van der Waals surface area contributed by atoms with Gasteiger partial charge in [0.05, 0.1) is 3.23 Å². The molecule has 0 saturated heterocycles. The van der Waals surface area contributed by atoms with Gasteiger partial charge in [0, 0.05) is 5.41 Å². The van der Waals surface area contributed by atoms with E-state index in [4.69, 9.17) is 0 Å². The van der Waals surface area contributed by atoms with E-state index in [9.17, 15) is 0 Å². The molecule has 0 aromatic carbocycles. The van der Waals surface area contributed by atoms with Gasteiger partial charge in [0.15, 0.2) is 0 Å². The number of halogens is 2. The van der Waals surface area contributed by atoms with E-state index in [1.54, 1.807) is 0 Å². The molecule has 0 N–H and O–H groups in total. The normalized spacial score (nSPS) is 52.2. The highest BCUT2D eigenvalue weighted by molar-refractivity contribution is 9.25. The Morgan fingerprint density at radius 2 is 1.31 bits per heavy atom. The van der Waals surface area contributed by atoms with Gasteiger partial charge in [-0.1, -0.05) is 57.5 Å². The second-order valence-electron chi connectivity index (χ2n) is 5.13. The first-order valence-electron chi connectivity index (χ1n) is 5.56. The lowest BCUT2D eigenvalue weighted by atomic mass is 10.0. The maximum atomic E-state index is 3.83. The number of fused-ring (bicyclic) bond motifs is 3. The van der Waals surface area contributed by atoms with Crippen LogP contribution in [0.2, 0.25) is 0 Å². The summed E-state index contributed by atoms with van der Waals surface area (Å²) in [5.41, 5.74) is 0.706. The molecule has 3 aliphatic carbocycles. The van der Waals surface area contributed by atoms with Crippen molar-refractivity contribution in [2.75, 3.05) is 0 Å². The quantitative estimate of drug-likeness (QED) is 0.580. The first-order valence-corrected chi connectivity index (χ1v) is 7.15. The second kappa shape index (κ2) is 2.75. The minimum atomic E-state index is 0.354. The molecule has 2 unspecified atom stereocenters. The lowest BCUT2D eigenvalue weighted by molar-refractivity contribution is 0.485. The monoisotopic (exact) mass is 306 g/mol. The summed E-state index contributed by atoms with van der Waals surface area (Å²) in [6.45, 7) is 0. The lowest BCUT2D eigenvalue weighted by Gasteiger charge is -2.05. The van der Waals surface area contributed by atoms with Crippen molar-refractivity contribution in [3.63, 3.8) is 0 Å². The summed E-state index contributed by atoms with van der Waals surface area (Å²) in [4.78, 5) is 0. The molecule has 3 aliphatic rings. The highest BCUT2D eigenvalue weighted by Gasteiger charge is 2.83. The molecule has 1 spiro atoms. The van der Waals surface area contributed by atoms with Crippen LogP contribution >= 0.6 is 31.9 Å². The van der Waals surface area contributed by atoms with Gasteiger partial charge >= 0.3 is 0 Å². The molecule has 74 valence electrons. The van der Waals surface area contributed by atoms with Crippen LogP contribution in [0, 0.1) is 17.3 Å². The number of hydrogen-bond donors (Lipinski definition) is 0. The Hall–Kier alpha value is 0.960. The minimum Gasteiger partial charge on any atom is -0.0721 e. The van der Waals surface area contributed by atoms with Gasteiger partial charge in [0.1, 0.15) is 0 Å². The molecule has 13 heavy (non-hydrogen) atoms. The molecule has 0 radical (unpaired) electrons. The minimum absolute atomic E-state index is 0.354. The second-order valence-corrected chi connectivity index (χ2v) is 8.90. The summed E-state index contributed by atoms with van der Waals surface area (Å²) in [5.74, 6) is 2.12. The van der Waals surface area contributed by atoms with Crippen molar-refractivity contribution in [3.8, 4) is 0 Å². The summed E-state index contributed by atoms with van der Waals surface area (Å²) < 4.78 is 0.354. The summed E-state index contributed by atoms with van der Waals surface area (Å²) in [7, 11) is 0. The largest absolute Gasteiger partial charge is 0.0874 e. The Morgan fingerprint density at radius 3 is 1.69 bits per heavy atom. The third-order valence-corrected chi connectivity index (χ3v) is 6.59. The fourth-order valence-corrected chi connectivity index (χ4v) is 5.84. The van der Waals surface area contributed by atoms with Gasteiger partial charge in [0.2, 0.25) is 0 Å². The standard InChI is InChI=1S/C11H16Br2/c12-11(13)7-10(11)8-5-3-1-2-4-6-9(8)10/h8-9H,1-7H2. The van der Waals surface area contributed by atoms with E-state index in [0.717, 1.165) is 11.8 Å². The van der Waals surface area contributed by atoms with Crippen LogP contribution in [0.25, 0.3) is 0 Å². The molecule has 2 atom stereocenters. The Bertz CT molecular complexity index is 220. The van der Waals surface area contributed by atoms with Gasteiger partial charge in [-0.3, -0.25) is 0 Å². The molecule has 2 heteroatoms. The van der Waals surface area contributed by atoms with Gasteiger partial charge in [-0.2, -0.15) is 0 Å². The van der Waals surface area contributed by atoms with Crippen LogP contribution < -0.4 is 0 Å². The van der Waals surface area contributed by atoms with Crippen molar-refractivity contribution in [1.82, 2.24) is 0 Å². The van der Waals surface area contributed by atoms with Crippen LogP contribution in [-0.2, 0) is 0 Å². The number of hydrogen-bond acceptors (Lipinski definition) is 0. The molecule has 0 nitrogen and oxygen atoms in total. The van der Waals surface area contributed by atoms with Crippen molar-refractivity contribution in [2.45, 2.75) is 48.2 Å². The van der Waals surface area contributed by atoms with Crippen LogP contribution in [-0.4, -0.2) is 3.23 Å². The van der Waals surface area contributed by atoms with Crippen molar-refractivity contribution in [1.29, 1.82) is 0 Å². The maximum Gasteiger partial charge on any atom is 0.0874 e. The van der Waals surface area contributed by atoms with Gasteiger partial charge < -0.3 is 0 Å². The predicted octanol–water partition coefficient (Wildman–Crippen LogP) is 4.46. The molecular formula is C11H16Br2. The zero-order chi connectivity index (χ0) is 9.10. The highest BCUT2D eigenvalue weighted by atomic mass is 79.9. The van der Waals surface area contributed by atoms with E-state index in [-0.39, 0.29) is 0 Å². The first kappa shape index (κ1) is 9.21. The smallest absolute Gasteiger partial charge is 0.0721 e. The Labute approximate surface area is 97.1 Å². The van der Waals surface area contributed by atoms with Crippen LogP contribution in [0.15, 0.2) is 0 Å². The first-order chi connectivity index (χ1) is 6.18. The van der Waals surface area contributed by atoms with Crippen molar-refractivity contribution in [2.24, 2.45) is 17.3 Å². The Balaban J connectivity index is 1.75. The van der Waals surface area contributed by atoms with E-state index in [1.165, 1.54) is 44.9 Å². The van der Waals surface area contributed by atoms with Crippen LogP contribution in [0.1, 0.15) is 44.9 Å². The van der Waals surface area contributed by atoms with E-state index >= 15 is 0 Å². The molecule has 0 aromatic heterocycles. The zero-order valence-corrected chi connectivity index (χ0v) is 11.0. The molecular weight excluding hydrogens is 292 g/mol. The Morgan fingerprint density at radius 1 is 0.846 bits per heavy atom. The number of alkyl halides is 2. The molecule has 0 bridgehead atoms. The Kier molecular flexibility index (Phi) is 1.95. The van der Waals surface area contributed by atoms with Gasteiger partial charge in [0.25, 0.3) is 0 Å². The number of rotatable bonds is 0. The topological polar surface area (TPSA) is 0 Å². The average Bonchev–Trinajstić information content (AvgIpc) is 2.71. The zero-order valence-electron chi connectivity index (χ0n) is 7.86. The van der Waals surface area contributed by atoms with Crippen molar-refractivity contribution in [3.05, 3.63) is 0 Å². The van der Waals surface area contributed by atoms with Crippen LogP contribution in [0.4, 0.5) is 0 Å². The molecule has 3 fully saturated rings. The molecule has 0 aromatic rings. The van der Waals surface area contributed by atoms with Gasteiger partial charge in [-0.05, 0) is 31.1 Å². The van der Waals surface area contributed by atoms with E-state index in [2.05, 4.69) is 31.9 Å². The average molecular weight is 308 g/mol. The highest BCUT2D eigenvalue weighted by Crippen LogP contribution is 2.87. The third kappa shape index (κ3) is 1.14. The predicted molar refractivity (Wildman–Crippen MR) is 62.3 cm³/mol. The van der Waals surface area contributed by atoms with Crippen LogP contribution in [0.5, 0.6) is 0 Å². The molecule has 0 amide bonds. The van der Waals surface area contributed by atoms with Gasteiger partial charge in [-0.15, -0.1) is 0 Å². The molecule has 0 heterocycles. The van der Waals surface area contributed by atoms with Gasteiger partial charge in [-0.25, -0.2) is 0 Å². The fraction of sp³-hybridized carbons (Fsp3) is 1.00. The summed E-state index contributed by atoms with van der Waals surface area (Å²) >= 11 is 7.66.